The first-order valence-electron chi connectivity index (χ1n) is 8.46. The van der Waals surface area contributed by atoms with Crippen LogP contribution in [0, 0.1) is 23.7 Å². The highest BCUT2D eigenvalue weighted by Gasteiger charge is 2.42. The summed E-state index contributed by atoms with van der Waals surface area (Å²) in [5.74, 6) is 3.17. The standard InChI is InChI=1S/C17H31NO/c1-4-6-7-14(5-2)17(19)18-12(3)16-11-13-8-9-15(16)10-13/h12-16H,4-11H2,1-3H3,(H,18,19)/t12-,13+,14-,15+,16-/m0/s1. The molecule has 0 saturated heterocycles. The summed E-state index contributed by atoms with van der Waals surface area (Å²) in [7, 11) is 0. The van der Waals surface area contributed by atoms with Crippen molar-refractivity contribution in [2.75, 3.05) is 0 Å². The molecule has 0 aromatic carbocycles. The molecule has 2 fully saturated rings. The van der Waals surface area contributed by atoms with E-state index in [9.17, 15) is 4.79 Å². The predicted molar refractivity (Wildman–Crippen MR) is 79.8 cm³/mol. The highest BCUT2D eigenvalue weighted by atomic mass is 16.1. The molecule has 0 heterocycles. The first-order valence-corrected chi connectivity index (χ1v) is 8.46. The molecule has 0 unspecified atom stereocenters. The molecule has 2 aliphatic rings. The zero-order chi connectivity index (χ0) is 13.8. The third-order valence-corrected chi connectivity index (χ3v) is 5.57. The van der Waals surface area contributed by atoms with Gasteiger partial charge in [0, 0.05) is 12.0 Å². The largest absolute Gasteiger partial charge is 0.353 e. The molecule has 2 rings (SSSR count). The maximum Gasteiger partial charge on any atom is 0.223 e. The van der Waals surface area contributed by atoms with E-state index in [-0.39, 0.29) is 5.92 Å². The number of unbranched alkanes of at least 4 members (excludes halogenated alkanes) is 1. The van der Waals surface area contributed by atoms with Crippen molar-refractivity contribution in [2.45, 2.75) is 78.2 Å². The van der Waals surface area contributed by atoms with Gasteiger partial charge in [-0.15, -0.1) is 0 Å². The van der Waals surface area contributed by atoms with Crippen molar-refractivity contribution in [3.05, 3.63) is 0 Å². The highest BCUT2D eigenvalue weighted by Crippen LogP contribution is 2.49. The summed E-state index contributed by atoms with van der Waals surface area (Å²) in [6.07, 6.45) is 10.0. The Morgan fingerprint density at radius 3 is 2.58 bits per heavy atom. The first-order chi connectivity index (χ1) is 9.15. The van der Waals surface area contributed by atoms with E-state index in [0.29, 0.717) is 11.9 Å². The van der Waals surface area contributed by atoms with Gasteiger partial charge >= 0.3 is 0 Å². The molecule has 19 heavy (non-hydrogen) atoms. The maximum absolute atomic E-state index is 12.3. The third kappa shape index (κ3) is 3.52. The number of hydrogen-bond donors (Lipinski definition) is 1. The second-order valence-electron chi connectivity index (χ2n) is 6.88. The molecule has 5 atom stereocenters. The Labute approximate surface area is 118 Å². The summed E-state index contributed by atoms with van der Waals surface area (Å²) in [6.45, 7) is 6.57. The van der Waals surface area contributed by atoms with E-state index in [1.54, 1.807) is 0 Å². The third-order valence-electron chi connectivity index (χ3n) is 5.57. The van der Waals surface area contributed by atoms with E-state index < -0.39 is 0 Å². The van der Waals surface area contributed by atoms with Crippen LogP contribution < -0.4 is 5.32 Å². The van der Waals surface area contributed by atoms with Gasteiger partial charge in [0.2, 0.25) is 5.91 Å². The number of nitrogens with one attached hydrogen (secondary N) is 1. The van der Waals surface area contributed by atoms with Crippen molar-refractivity contribution in [1.29, 1.82) is 0 Å². The lowest BCUT2D eigenvalue weighted by molar-refractivity contribution is -0.126. The predicted octanol–water partition coefficient (Wildman–Crippen LogP) is 4.14. The lowest BCUT2D eigenvalue weighted by atomic mass is 9.83. The number of rotatable bonds is 7. The summed E-state index contributed by atoms with van der Waals surface area (Å²) in [5, 5.41) is 3.33. The number of hydrogen-bond acceptors (Lipinski definition) is 1. The van der Waals surface area contributed by atoms with Gasteiger partial charge in [0.15, 0.2) is 0 Å². The monoisotopic (exact) mass is 265 g/mol. The summed E-state index contributed by atoms with van der Waals surface area (Å²) in [4.78, 5) is 12.3. The lowest BCUT2D eigenvalue weighted by Crippen LogP contribution is -2.42. The maximum atomic E-state index is 12.3. The minimum Gasteiger partial charge on any atom is -0.353 e. The normalized spacial score (nSPS) is 32.3. The van der Waals surface area contributed by atoms with Crippen LogP contribution in [0.5, 0.6) is 0 Å². The second-order valence-corrected chi connectivity index (χ2v) is 6.88. The van der Waals surface area contributed by atoms with E-state index in [0.717, 1.165) is 30.6 Å². The fourth-order valence-corrected chi connectivity index (χ4v) is 4.33. The Hall–Kier alpha value is -0.530. The van der Waals surface area contributed by atoms with Crippen LogP contribution in [0.4, 0.5) is 0 Å². The molecule has 2 bridgehead atoms. The van der Waals surface area contributed by atoms with Crippen molar-refractivity contribution >= 4 is 5.91 Å². The summed E-state index contributed by atoms with van der Waals surface area (Å²) in [6, 6.07) is 0.387. The molecule has 0 aromatic rings. The molecular weight excluding hydrogens is 234 g/mol. The topological polar surface area (TPSA) is 29.1 Å². The highest BCUT2D eigenvalue weighted by molar-refractivity contribution is 5.78. The van der Waals surface area contributed by atoms with Gasteiger partial charge in [0.05, 0.1) is 0 Å². The second kappa shape index (κ2) is 6.76. The van der Waals surface area contributed by atoms with Crippen LogP contribution in [0.3, 0.4) is 0 Å². The van der Waals surface area contributed by atoms with Gasteiger partial charge in [0.25, 0.3) is 0 Å². The van der Waals surface area contributed by atoms with Gasteiger partial charge in [-0.2, -0.15) is 0 Å². The smallest absolute Gasteiger partial charge is 0.223 e. The van der Waals surface area contributed by atoms with Gasteiger partial charge in [-0.25, -0.2) is 0 Å². The molecule has 110 valence electrons. The number of carbonyl (C=O) groups is 1. The summed E-state index contributed by atoms with van der Waals surface area (Å²) in [5.41, 5.74) is 0. The molecule has 2 saturated carbocycles. The number of amides is 1. The number of fused-ring (bicyclic) bond motifs is 2. The Balaban J connectivity index is 1.80. The van der Waals surface area contributed by atoms with E-state index in [4.69, 9.17) is 0 Å². The van der Waals surface area contributed by atoms with E-state index in [1.807, 2.05) is 0 Å². The van der Waals surface area contributed by atoms with Crippen LogP contribution in [0.25, 0.3) is 0 Å². The van der Waals surface area contributed by atoms with Crippen LogP contribution in [0.15, 0.2) is 0 Å². The van der Waals surface area contributed by atoms with Crippen molar-refractivity contribution in [3.63, 3.8) is 0 Å². The average molecular weight is 265 g/mol. The summed E-state index contributed by atoms with van der Waals surface area (Å²) < 4.78 is 0. The summed E-state index contributed by atoms with van der Waals surface area (Å²) >= 11 is 0. The fourth-order valence-electron chi connectivity index (χ4n) is 4.33. The molecule has 0 radical (unpaired) electrons. The van der Waals surface area contributed by atoms with E-state index in [1.165, 1.54) is 38.5 Å². The Morgan fingerprint density at radius 1 is 1.26 bits per heavy atom. The first kappa shape index (κ1) is 14.9. The van der Waals surface area contributed by atoms with Crippen LogP contribution in [-0.4, -0.2) is 11.9 Å². The quantitative estimate of drug-likeness (QED) is 0.736. The average Bonchev–Trinajstić information content (AvgIpc) is 3.01. The molecule has 0 aromatic heterocycles. The van der Waals surface area contributed by atoms with Gasteiger partial charge in [-0.3, -0.25) is 4.79 Å². The lowest BCUT2D eigenvalue weighted by Gasteiger charge is -2.29. The Morgan fingerprint density at radius 2 is 2.05 bits per heavy atom. The van der Waals surface area contributed by atoms with Crippen LogP contribution in [0.2, 0.25) is 0 Å². The molecule has 2 heteroatoms. The zero-order valence-electron chi connectivity index (χ0n) is 13.0. The number of carbonyl (C=O) groups excluding carboxylic acids is 1. The molecule has 1 N–H and O–H groups in total. The van der Waals surface area contributed by atoms with Gasteiger partial charge in [0.1, 0.15) is 0 Å². The van der Waals surface area contributed by atoms with Crippen molar-refractivity contribution in [3.8, 4) is 0 Å². The molecular formula is C17H31NO. The van der Waals surface area contributed by atoms with Crippen LogP contribution >= 0.6 is 0 Å². The van der Waals surface area contributed by atoms with Crippen LogP contribution in [0.1, 0.15) is 72.1 Å². The van der Waals surface area contributed by atoms with E-state index >= 15 is 0 Å². The van der Waals surface area contributed by atoms with Gasteiger partial charge < -0.3 is 5.32 Å². The minimum absolute atomic E-state index is 0.237. The van der Waals surface area contributed by atoms with Crippen molar-refractivity contribution in [2.24, 2.45) is 23.7 Å². The fraction of sp³-hybridized carbons (Fsp3) is 0.941. The SMILES string of the molecule is CCCC[C@H](CC)C(=O)N[C@@H](C)[C@@H]1C[C@@H]2CC[C@@H]1C2. The minimum atomic E-state index is 0.237. The van der Waals surface area contributed by atoms with Gasteiger partial charge in [-0.05, 0) is 56.8 Å². The Bertz CT molecular complexity index is 302. The van der Waals surface area contributed by atoms with Crippen molar-refractivity contribution < 1.29 is 4.79 Å². The van der Waals surface area contributed by atoms with Crippen molar-refractivity contribution in [1.82, 2.24) is 5.32 Å². The zero-order valence-corrected chi connectivity index (χ0v) is 13.0. The molecule has 0 spiro atoms. The Kier molecular flexibility index (Phi) is 5.29. The van der Waals surface area contributed by atoms with E-state index in [2.05, 4.69) is 26.1 Å². The molecule has 2 nitrogen and oxygen atoms in total. The molecule has 2 aliphatic carbocycles. The van der Waals surface area contributed by atoms with Crippen LogP contribution in [-0.2, 0) is 4.79 Å². The molecule has 0 aliphatic heterocycles. The van der Waals surface area contributed by atoms with Gasteiger partial charge in [-0.1, -0.05) is 33.1 Å². The molecule has 1 amide bonds.